The van der Waals surface area contributed by atoms with Crippen molar-refractivity contribution in [2.45, 2.75) is 21.6 Å². The first-order chi connectivity index (χ1) is 20.6. The van der Waals surface area contributed by atoms with Gasteiger partial charge < -0.3 is 5.11 Å². The maximum atomic E-state index is 11.8. The van der Waals surface area contributed by atoms with Gasteiger partial charge in [0.15, 0.2) is 16.8 Å². The number of azo groups is 1. The Morgan fingerprint density at radius 3 is 2.44 bits per heavy atom. The Kier molecular flexibility index (Phi) is 11.6. The van der Waals surface area contributed by atoms with Gasteiger partial charge in [0.1, 0.15) is 10.6 Å². The van der Waals surface area contributed by atoms with Gasteiger partial charge in [-0.1, -0.05) is 28.3 Å². The Morgan fingerprint density at radius 1 is 0.977 bits per heavy atom. The van der Waals surface area contributed by atoms with Gasteiger partial charge >= 0.3 is 0 Å². The van der Waals surface area contributed by atoms with Crippen LogP contribution in [0.1, 0.15) is 5.69 Å². The Hall–Kier alpha value is -3.03. The summed E-state index contributed by atoms with van der Waals surface area (Å²) in [5, 5.41) is 47.6. The van der Waals surface area contributed by atoms with E-state index in [1.165, 1.54) is 35.0 Å². The number of rotatable bonds is 15. The number of aromatic nitrogens is 2. The van der Waals surface area contributed by atoms with Crippen molar-refractivity contribution in [1.29, 1.82) is 0 Å². The maximum Gasteiger partial charge on any atom is 0.295 e. The van der Waals surface area contributed by atoms with Crippen LogP contribution in [0.15, 0.2) is 79.5 Å². The largest absolute Gasteiger partial charge is 0.492 e. The molecule has 17 nitrogen and oxygen atoms in total. The van der Waals surface area contributed by atoms with Crippen LogP contribution in [0.25, 0.3) is 16.5 Å². The predicted octanol–water partition coefficient (Wildman–Crippen LogP) is 5.17. The van der Waals surface area contributed by atoms with Crippen LogP contribution in [0.3, 0.4) is 0 Å². The highest BCUT2D eigenvalue weighted by atomic mass is 32.2. The predicted molar refractivity (Wildman–Crippen MR) is 149 cm³/mol. The van der Waals surface area contributed by atoms with Gasteiger partial charge in [-0.05, 0) is 43.3 Å². The Bertz CT molecular complexity index is 1730. The molecule has 0 aliphatic heterocycles. The van der Waals surface area contributed by atoms with E-state index < -0.39 is 21.2 Å². The molecule has 21 heteroatoms. The fourth-order valence-electron chi connectivity index (χ4n) is 3.55. The summed E-state index contributed by atoms with van der Waals surface area (Å²) in [5.74, 6) is -0.444. The monoisotopic (exact) mass is 676 g/mol. The topological polar surface area (TPSA) is 230 Å². The van der Waals surface area contributed by atoms with Crippen LogP contribution in [0.4, 0.5) is 11.4 Å². The minimum atomic E-state index is -4.55. The zero-order valence-electron chi connectivity index (χ0n) is 21.5. The van der Waals surface area contributed by atoms with Gasteiger partial charge in [-0.15, -0.1) is 18.9 Å². The molecule has 0 radical (unpaired) electrons. The highest BCUT2D eigenvalue weighted by Crippen LogP contribution is 2.41. The van der Waals surface area contributed by atoms with E-state index in [1.807, 2.05) is 0 Å². The SMILES string of the molecule is Cc1nn(-c2ccc(SOOCCS(=O)OOO)cc2)c(O)c1/N=N/c1ccc2c(S(=O)(=O)O)cccc2c1SOOO. The van der Waals surface area contributed by atoms with Crippen molar-refractivity contribution in [3.63, 3.8) is 0 Å². The van der Waals surface area contributed by atoms with Crippen LogP contribution < -0.4 is 0 Å². The second-order valence-electron chi connectivity index (χ2n) is 7.95. The molecule has 0 aliphatic rings. The van der Waals surface area contributed by atoms with Gasteiger partial charge in [0, 0.05) is 15.7 Å². The summed E-state index contributed by atoms with van der Waals surface area (Å²) in [6.07, 6.45) is 0. The third-order valence-corrected chi connectivity index (χ3v) is 8.32. The van der Waals surface area contributed by atoms with E-state index in [9.17, 15) is 22.3 Å². The molecular weight excluding hydrogens is 657 g/mol. The summed E-state index contributed by atoms with van der Waals surface area (Å²) >= 11 is -0.524. The number of fused-ring (bicyclic) bond motifs is 1. The molecule has 0 spiro atoms. The quantitative estimate of drug-likeness (QED) is 0.0318. The molecule has 43 heavy (non-hydrogen) atoms. The number of nitrogens with zero attached hydrogens (tertiary/aromatic N) is 4. The van der Waals surface area contributed by atoms with Crippen LogP contribution in [0.2, 0.25) is 0 Å². The number of aryl methyl sites for hydroxylation is 1. The van der Waals surface area contributed by atoms with E-state index in [0.29, 0.717) is 28.3 Å². The van der Waals surface area contributed by atoms with Crippen molar-refractivity contribution >= 4 is 67.4 Å². The Morgan fingerprint density at radius 2 is 1.74 bits per heavy atom. The molecule has 0 saturated carbocycles. The van der Waals surface area contributed by atoms with Gasteiger partial charge in [0.05, 0.1) is 52.7 Å². The van der Waals surface area contributed by atoms with Crippen molar-refractivity contribution in [2.24, 2.45) is 10.2 Å². The molecule has 1 atom stereocenters. The van der Waals surface area contributed by atoms with E-state index >= 15 is 0 Å². The summed E-state index contributed by atoms with van der Waals surface area (Å²) < 4.78 is 59.1. The van der Waals surface area contributed by atoms with E-state index in [2.05, 4.69) is 34.1 Å². The van der Waals surface area contributed by atoms with E-state index in [1.54, 1.807) is 31.2 Å². The normalized spacial score (nSPS) is 12.8. The maximum absolute atomic E-state index is 11.8. The fraction of sp³-hybridized carbons (Fsp3) is 0.136. The van der Waals surface area contributed by atoms with Crippen LogP contribution in [-0.2, 0) is 49.2 Å². The highest BCUT2D eigenvalue weighted by Gasteiger charge is 2.20. The lowest BCUT2D eigenvalue weighted by molar-refractivity contribution is -0.435. The minimum Gasteiger partial charge on any atom is -0.492 e. The summed E-state index contributed by atoms with van der Waals surface area (Å²) in [6, 6.07) is 13.6. The third kappa shape index (κ3) is 8.33. The molecule has 1 aromatic heterocycles. The molecule has 1 heterocycles. The lowest BCUT2D eigenvalue weighted by Crippen LogP contribution is -2.07. The second kappa shape index (κ2) is 15.1. The zero-order chi connectivity index (χ0) is 31.0. The number of aromatic hydroxyl groups is 1. The van der Waals surface area contributed by atoms with Crippen molar-refractivity contribution in [2.75, 3.05) is 12.4 Å². The molecule has 0 aliphatic carbocycles. The van der Waals surface area contributed by atoms with Crippen LogP contribution in [-0.4, -0.2) is 54.9 Å². The first kappa shape index (κ1) is 32.9. The standard InChI is InChI=1S/C22H20N4O13S4/c1-13-20(22(27)26(25-13)14-5-7-15(8-6-14)40-37-34-11-12-42(30)39-36-29)24-23-18-10-9-16-17(21(18)41-38-35-28)3-2-4-19(16)43(31,32)33/h2-10,27-29H,11-12H2,1H3,(H,31,32,33)/b24-23+. The summed E-state index contributed by atoms with van der Waals surface area (Å²) in [6.45, 7) is 1.49. The first-order valence-electron chi connectivity index (χ1n) is 11.5. The van der Waals surface area contributed by atoms with E-state index in [-0.39, 0.29) is 50.2 Å². The molecule has 3 aromatic carbocycles. The number of hydrogen-bond acceptors (Lipinski definition) is 17. The van der Waals surface area contributed by atoms with Crippen LogP contribution >= 0.6 is 24.1 Å². The number of hydrogen-bond donors (Lipinski definition) is 4. The zero-order valence-corrected chi connectivity index (χ0v) is 24.8. The summed E-state index contributed by atoms with van der Waals surface area (Å²) in [7, 11) is -4.55. The fourth-order valence-corrected chi connectivity index (χ4v) is 5.60. The minimum absolute atomic E-state index is 0.0326. The van der Waals surface area contributed by atoms with Gasteiger partial charge in [-0.25, -0.2) is 19.6 Å². The molecular formula is C22H20N4O13S4. The Labute approximate surface area is 253 Å². The molecule has 230 valence electrons. The molecule has 0 amide bonds. The Balaban J connectivity index is 1.53. The smallest absolute Gasteiger partial charge is 0.295 e. The molecule has 4 rings (SSSR count). The van der Waals surface area contributed by atoms with E-state index in [4.69, 9.17) is 19.7 Å². The van der Waals surface area contributed by atoms with Gasteiger partial charge in [0.2, 0.25) is 5.88 Å². The summed E-state index contributed by atoms with van der Waals surface area (Å²) in [4.78, 5) is 5.31. The molecule has 0 bridgehead atoms. The average Bonchev–Trinajstić information content (AvgIpc) is 3.27. The lowest BCUT2D eigenvalue weighted by atomic mass is 10.1. The van der Waals surface area contributed by atoms with Crippen molar-refractivity contribution in [3.05, 3.63) is 60.3 Å². The van der Waals surface area contributed by atoms with Crippen LogP contribution in [0.5, 0.6) is 5.88 Å². The first-order valence-corrected chi connectivity index (χ1v) is 15.6. The molecule has 4 aromatic rings. The van der Waals surface area contributed by atoms with Gasteiger partial charge in [0.25, 0.3) is 10.1 Å². The van der Waals surface area contributed by atoms with Crippen molar-refractivity contribution < 1.29 is 60.8 Å². The van der Waals surface area contributed by atoms with Crippen molar-refractivity contribution in [3.8, 4) is 11.6 Å². The average molecular weight is 677 g/mol. The number of benzene rings is 3. The lowest BCUT2D eigenvalue weighted by Gasteiger charge is -2.09. The molecule has 0 fully saturated rings. The van der Waals surface area contributed by atoms with E-state index in [0.717, 1.165) is 12.0 Å². The second-order valence-corrected chi connectivity index (χ2v) is 12.0. The van der Waals surface area contributed by atoms with Gasteiger partial charge in [-0.2, -0.15) is 22.5 Å². The molecule has 1 unspecified atom stereocenters. The third-order valence-electron chi connectivity index (χ3n) is 5.34. The van der Waals surface area contributed by atoms with Crippen molar-refractivity contribution in [1.82, 2.24) is 9.78 Å². The highest BCUT2D eigenvalue weighted by molar-refractivity contribution is 7.95. The molecule has 4 N–H and O–H groups in total. The van der Waals surface area contributed by atoms with Crippen LogP contribution in [0, 0.1) is 6.92 Å². The van der Waals surface area contributed by atoms with Gasteiger partial charge in [-0.3, -0.25) is 4.55 Å². The molecule has 0 saturated heterocycles. The summed E-state index contributed by atoms with van der Waals surface area (Å²) in [5.41, 5.74) is 0.975.